The van der Waals surface area contributed by atoms with Gasteiger partial charge in [0.1, 0.15) is 11.4 Å². The lowest BCUT2D eigenvalue weighted by Crippen LogP contribution is -2.26. The molecule has 0 aliphatic carbocycles. The first-order valence-electron chi connectivity index (χ1n) is 8.71. The molecule has 0 aliphatic heterocycles. The van der Waals surface area contributed by atoms with Gasteiger partial charge in [-0.1, -0.05) is 42.5 Å². The van der Waals surface area contributed by atoms with Crippen molar-refractivity contribution in [3.05, 3.63) is 89.7 Å². The monoisotopic (exact) mass is 376 g/mol. The number of anilines is 1. The van der Waals surface area contributed by atoms with E-state index in [1.807, 2.05) is 19.1 Å². The summed E-state index contributed by atoms with van der Waals surface area (Å²) >= 11 is 0. The predicted octanol–water partition coefficient (Wildman–Crippen LogP) is 3.94. The zero-order valence-electron chi connectivity index (χ0n) is 15.6. The van der Waals surface area contributed by atoms with Gasteiger partial charge in [0, 0.05) is 11.8 Å². The number of carbonyl (C=O) groups excluding carboxylic acids is 2. The molecule has 1 atom stereocenters. The maximum atomic E-state index is 13.0. The number of aromatic nitrogens is 1. The normalized spacial score (nSPS) is 11.4. The largest absolute Gasteiger partial charge is 0.495 e. The lowest BCUT2D eigenvalue weighted by Gasteiger charge is -2.19. The lowest BCUT2D eigenvalue weighted by molar-refractivity contribution is -0.125. The lowest BCUT2D eigenvalue weighted by atomic mass is 10.1. The number of amides is 1. The highest BCUT2D eigenvalue weighted by Crippen LogP contribution is 2.28. The van der Waals surface area contributed by atoms with Crippen molar-refractivity contribution in [1.82, 2.24) is 4.98 Å². The molecule has 1 heterocycles. The molecule has 1 amide bonds. The van der Waals surface area contributed by atoms with Gasteiger partial charge in [-0.2, -0.15) is 0 Å². The van der Waals surface area contributed by atoms with Crippen molar-refractivity contribution in [2.45, 2.75) is 13.0 Å². The van der Waals surface area contributed by atoms with Gasteiger partial charge in [0.25, 0.3) is 5.91 Å². The van der Waals surface area contributed by atoms with E-state index in [0.717, 1.165) is 5.56 Å². The van der Waals surface area contributed by atoms with E-state index in [0.29, 0.717) is 17.0 Å². The average Bonchev–Trinajstić information content (AvgIpc) is 2.73. The molecule has 1 N–H and O–H groups in total. The molecule has 0 fully saturated rings. The number of benzene rings is 2. The van der Waals surface area contributed by atoms with Crippen LogP contribution < -0.4 is 10.1 Å². The molecule has 0 saturated heterocycles. The van der Waals surface area contributed by atoms with E-state index in [9.17, 15) is 9.59 Å². The van der Waals surface area contributed by atoms with Crippen molar-refractivity contribution in [2.24, 2.45) is 0 Å². The minimum absolute atomic E-state index is 0.129. The number of hydrogen-bond donors (Lipinski definition) is 1. The van der Waals surface area contributed by atoms with E-state index < -0.39 is 18.0 Å². The van der Waals surface area contributed by atoms with Crippen LogP contribution in [0.5, 0.6) is 5.75 Å². The van der Waals surface area contributed by atoms with Crippen molar-refractivity contribution in [3.63, 3.8) is 0 Å². The smallest absolute Gasteiger partial charge is 0.358 e. The fourth-order valence-corrected chi connectivity index (χ4v) is 2.67. The van der Waals surface area contributed by atoms with Crippen LogP contribution in [0.3, 0.4) is 0 Å². The van der Waals surface area contributed by atoms with E-state index in [-0.39, 0.29) is 5.69 Å². The molecule has 1 aromatic heterocycles. The van der Waals surface area contributed by atoms with E-state index in [1.54, 1.807) is 48.5 Å². The second-order valence-electron chi connectivity index (χ2n) is 6.10. The number of esters is 1. The Labute approximate surface area is 163 Å². The third-order valence-corrected chi connectivity index (χ3v) is 4.05. The molecule has 0 saturated carbocycles. The Morgan fingerprint density at radius 2 is 1.75 bits per heavy atom. The Hall–Kier alpha value is -3.67. The first-order valence-corrected chi connectivity index (χ1v) is 8.71. The minimum atomic E-state index is -1.14. The minimum Gasteiger partial charge on any atom is -0.495 e. The maximum absolute atomic E-state index is 13.0. The van der Waals surface area contributed by atoms with Gasteiger partial charge in [0.05, 0.1) is 12.8 Å². The number of aryl methyl sites for hydroxylation is 1. The number of pyridine rings is 1. The third kappa shape index (κ3) is 4.54. The first kappa shape index (κ1) is 19.1. The predicted molar refractivity (Wildman–Crippen MR) is 105 cm³/mol. The quantitative estimate of drug-likeness (QED) is 0.660. The van der Waals surface area contributed by atoms with Gasteiger partial charge in [-0.3, -0.25) is 4.79 Å². The Kier molecular flexibility index (Phi) is 6.01. The van der Waals surface area contributed by atoms with E-state index in [2.05, 4.69) is 10.3 Å². The summed E-state index contributed by atoms with van der Waals surface area (Å²) in [5.74, 6) is -0.651. The molecule has 28 heavy (non-hydrogen) atoms. The molecule has 6 nitrogen and oxygen atoms in total. The number of hydrogen-bond acceptors (Lipinski definition) is 5. The number of rotatable bonds is 6. The topological polar surface area (TPSA) is 77.5 Å². The SMILES string of the molecule is COc1ccc(C)cc1NC(=O)C(OC(=O)c1ccccn1)c1ccccc1. The number of nitrogens with zero attached hydrogens (tertiary/aromatic N) is 1. The van der Waals surface area contributed by atoms with E-state index >= 15 is 0 Å². The number of methoxy groups -OCH3 is 1. The van der Waals surface area contributed by atoms with Gasteiger partial charge in [-0.15, -0.1) is 0 Å². The van der Waals surface area contributed by atoms with Crippen LogP contribution in [0.4, 0.5) is 5.69 Å². The van der Waals surface area contributed by atoms with Crippen LogP contribution >= 0.6 is 0 Å². The van der Waals surface area contributed by atoms with Gasteiger partial charge >= 0.3 is 5.97 Å². The van der Waals surface area contributed by atoms with E-state index in [4.69, 9.17) is 9.47 Å². The molecule has 6 heteroatoms. The highest BCUT2D eigenvalue weighted by Gasteiger charge is 2.27. The van der Waals surface area contributed by atoms with Crippen molar-refractivity contribution in [2.75, 3.05) is 12.4 Å². The fourth-order valence-electron chi connectivity index (χ4n) is 2.67. The van der Waals surface area contributed by atoms with Crippen molar-refractivity contribution in [3.8, 4) is 5.75 Å². The third-order valence-electron chi connectivity index (χ3n) is 4.05. The van der Waals surface area contributed by atoms with Gasteiger partial charge < -0.3 is 14.8 Å². The first-order chi connectivity index (χ1) is 13.6. The van der Waals surface area contributed by atoms with Crippen molar-refractivity contribution >= 4 is 17.6 Å². The zero-order valence-corrected chi connectivity index (χ0v) is 15.6. The fraction of sp³-hybridized carbons (Fsp3) is 0.136. The molecular weight excluding hydrogens is 356 g/mol. The summed E-state index contributed by atoms with van der Waals surface area (Å²) in [4.78, 5) is 29.4. The van der Waals surface area contributed by atoms with Crippen molar-refractivity contribution < 1.29 is 19.1 Å². The zero-order chi connectivity index (χ0) is 19.9. The van der Waals surface area contributed by atoms with Gasteiger partial charge in [0.2, 0.25) is 6.10 Å². The summed E-state index contributed by atoms with van der Waals surface area (Å²) in [6, 6.07) is 19.2. The van der Waals surface area contributed by atoms with Crippen LogP contribution in [-0.2, 0) is 9.53 Å². The van der Waals surface area contributed by atoms with Crippen LogP contribution in [0, 0.1) is 6.92 Å². The van der Waals surface area contributed by atoms with Crippen LogP contribution in [0.15, 0.2) is 72.9 Å². The Bertz CT molecular complexity index is 959. The summed E-state index contributed by atoms with van der Waals surface area (Å²) in [7, 11) is 1.52. The molecule has 0 bridgehead atoms. The summed E-state index contributed by atoms with van der Waals surface area (Å²) in [6.45, 7) is 1.91. The molecule has 3 aromatic rings. The number of nitrogens with one attached hydrogen (secondary N) is 1. The summed E-state index contributed by atoms with van der Waals surface area (Å²) in [5.41, 5.74) is 2.14. The highest BCUT2D eigenvalue weighted by atomic mass is 16.5. The van der Waals surface area contributed by atoms with Gasteiger partial charge in [0.15, 0.2) is 0 Å². The van der Waals surface area contributed by atoms with Crippen molar-refractivity contribution in [1.29, 1.82) is 0 Å². The molecule has 2 aromatic carbocycles. The van der Waals surface area contributed by atoms with Crippen LogP contribution in [0.2, 0.25) is 0 Å². The van der Waals surface area contributed by atoms with Gasteiger partial charge in [-0.25, -0.2) is 9.78 Å². The standard InChI is InChI=1S/C22H20N2O4/c1-15-11-12-19(27-2)18(14-15)24-21(25)20(16-8-4-3-5-9-16)28-22(26)17-10-6-7-13-23-17/h3-14,20H,1-2H3,(H,24,25). The molecule has 3 rings (SSSR count). The molecular formula is C22H20N2O4. The highest BCUT2D eigenvalue weighted by molar-refractivity contribution is 5.98. The number of ether oxygens (including phenoxy) is 2. The Morgan fingerprint density at radius 3 is 2.43 bits per heavy atom. The van der Waals surface area contributed by atoms with Crippen LogP contribution in [0.1, 0.15) is 27.7 Å². The van der Waals surface area contributed by atoms with Crippen LogP contribution in [-0.4, -0.2) is 24.0 Å². The molecule has 142 valence electrons. The van der Waals surface area contributed by atoms with E-state index in [1.165, 1.54) is 19.4 Å². The molecule has 1 unspecified atom stereocenters. The van der Waals surface area contributed by atoms with Crippen LogP contribution in [0.25, 0.3) is 0 Å². The molecule has 0 aliphatic rings. The maximum Gasteiger partial charge on any atom is 0.358 e. The molecule has 0 spiro atoms. The average molecular weight is 376 g/mol. The Balaban J connectivity index is 1.88. The van der Waals surface area contributed by atoms with Gasteiger partial charge in [-0.05, 0) is 36.8 Å². The summed E-state index contributed by atoms with van der Waals surface area (Å²) in [5, 5.41) is 2.80. The summed E-state index contributed by atoms with van der Waals surface area (Å²) < 4.78 is 10.8. The molecule has 0 radical (unpaired) electrons. The summed E-state index contributed by atoms with van der Waals surface area (Å²) in [6.07, 6.45) is 0.354. The Morgan fingerprint density at radius 1 is 1.00 bits per heavy atom. The second-order valence-corrected chi connectivity index (χ2v) is 6.10. The number of carbonyl (C=O) groups is 2. The second kappa shape index (κ2) is 8.81.